The molecular weight excluding hydrogens is 240 g/mol. The van der Waals surface area contributed by atoms with Gasteiger partial charge in [0.05, 0.1) is 17.2 Å². The number of imidazole rings is 1. The van der Waals surface area contributed by atoms with Gasteiger partial charge in [-0.15, -0.1) is 0 Å². The molecule has 0 radical (unpaired) electrons. The highest BCUT2D eigenvalue weighted by Gasteiger charge is 2.07. The number of aryl methyl sites for hydroxylation is 2. The van der Waals surface area contributed by atoms with Crippen molar-refractivity contribution in [1.29, 1.82) is 0 Å². The van der Waals surface area contributed by atoms with Crippen molar-refractivity contribution >= 4 is 10.9 Å². The van der Waals surface area contributed by atoms with Crippen LogP contribution in [0.4, 0.5) is 0 Å². The largest absolute Gasteiger partial charge is 0.348 e. The minimum Gasteiger partial charge on any atom is -0.348 e. The quantitative estimate of drug-likeness (QED) is 0.773. The van der Waals surface area contributed by atoms with Gasteiger partial charge in [0.2, 0.25) is 0 Å². The van der Waals surface area contributed by atoms with Gasteiger partial charge < -0.3 is 4.98 Å². The molecule has 3 aromatic rings. The number of fused-ring (bicyclic) bond motifs is 1. The Hall–Kier alpha value is -2.43. The van der Waals surface area contributed by atoms with E-state index in [1.54, 1.807) is 17.1 Å². The Morgan fingerprint density at radius 1 is 1.32 bits per heavy atom. The van der Waals surface area contributed by atoms with Crippen molar-refractivity contribution < 1.29 is 0 Å². The van der Waals surface area contributed by atoms with Crippen molar-refractivity contribution in [2.24, 2.45) is 0 Å². The number of rotatable bonds is 3. The van der Waals surface area contributed by atoms with Gasteiger partial charge in [-0.05, 0) is 19.1 Å². The molecular formula is C14H14N4O. The van der Waals surface area contributed by atoms with E-state index in [4.69, 9.17) is 0 Å². The monoisotopic (exact) mass is 254 g/mol. The Balaban J connectivity index is 2.01. The Labute approximate surface area is 110 Å². The van der Waals surface area contributed by atoms with Crippen molar-refractivity contribution in [3.8, 4) is 0 Å². The van der Waals surface area contributed by atoms with Crippen molar-refractivity contribution in [2.45, 2.75) is 19.9 Å². The maximum Gasteiger partial charge on any atom is 0.261 e. The summed E-state index contributed by atoms with van der Waals surface area (Å²) in [5, 5.41) is 0.665. The third-order valence-corrected chi connectivity index (χ3v) is 3.21. The Bertz CT molecular complexity index is 759. The normalized spacial score (nSPS) is 11.0. The van der Waals surface area contributed by atoms with Crippen LogP contribution in [0.5, 0.6) is 0 Å². The SMILES string of the molecule is Cc1nc2ccccc2c(=O)n1CCc1cnc[nH]1. The average Bonchev–Trinajstić information content (AvgIpc) is 2.92. The molecule has 0 atom stereocenters. The lowest BCUT2D eigenvalue weighted by Gasteiger charge is -2.09. The van der Waals surface area contributed by atoms with Crippen LogP contribution >= 0.6 is 0 Å². The standard InChI is InChI=1S/C14H14N4O/c1-10-17-13-5-3-2-4-12(13)14(19)18(10)7-6-11-8-15-9-16-11/h2-5,8-9H,6-7H2,1H3,(H,15,16). The highest BCUT2D eigenvalue weighted by atomic mass is 16.1. The van der Waals surface area contributed by atoms with E-state index in [1.807, 2.05) is 31.2 Å². The third-order valence-electron chi connectivity index (χ3n) is 3.21. The van der Waals surface area contributed by atoms with E-state index < -0.39 is 0 Å². The predicted octanol–water partition coefficient (Wildman–Crippen LogP) is 1.67. The van der Waals surface area contributed by atoms with Crippen molar-refractivity contribution in [3.05, 3.63) is 58.7 Å². The van der Waals surface area contributed by atoms with Crippen molar-refractivity contribution in [2.75, 3.05) is 0 Å². The number of benzene rings is 1. The first-order valence-corrected chi connectivity index (χ1v) is 6.19. The van der Waals surface area contributed by atoms with Gasteiger partial charge >= 0.3 is 0 Å². The number of aromatic nitrogens is 4. The maximum atomic E-state index is 12.4. The predicted molar refractivity (Wildman–Crippen MR) is 73.0 cm³/mol. The highest BCUT2D eigenvalue weighted by molar-refractivity contribution is 5.77. The number of para-hydroxylation sites is 1. The van der Waals surface area contributed by atoms with Gasteiger partial charge in [-0.3, -0.25) is 9.36 Å². The summed E-state index contributed by atoms with van der Waals surface area (Å²) in [6, 6.07) is 7.43. The van der Waals surface area contributed by atoms with E-state index in [9.17, 15) is 4.79 Å². The minimum absolute atomic E-state index is 0.0163. The fourth-order valence-electron chi connectivity index (χ4n) is 2.20. The van der Waals surface area contributed by atoms with Crippen LogP contribution in [-0.2, 0) is 13.0 Å². The van der Waals surface area contributed by atoms with E-state index in [2.05, 4.69) is 15.0 Å². The summed E-state index contributed by atoms with van der Waals surface area (Å²) in [5.41, 5.74) is 1.78. The number of H-pyrrole nitrogens is 1. The third kappa shape index (κ3) is 2.14. The Morgan fingerprint density at radius 2 is 2.16 bits per heavy atom. The molecule has 0 saturated carbocycles. The molecule has 0 amide bonds. The van der Waals surface area contributed by atoms with Gasteiger partial charge in [-0.1, -0.05) is 12.1 Å². The Morgan fingerprint density at radius 3 is 2.95 bits per heavy atom. The highest BCUT2D eigenvalue weighted by Crippen LogP contribution is 2.07. The van der Waals surface area contributed by atoms with Crippen LogP contribution < -0.4 is 5.56 Å². The van der Waals surface area contributed by atoms with Crippen LogP contribution in [0.1, 0.15) is 11.5 Å². The average molecular weight is 254 g/mol. The summed E-state index contributed by atoms with van der Waals surface area (Å²) in [6.07, 6.45) is 4.15. The number of nitrogens with one attached hydrogen (secondary N) is 1. The number of hydrogen-bond acceptors (Lipinski definition) is 3. The zero-order valence-electron chi connectivity index (χ0n) is 10.6. The van der Waals surface area contributed by atoms with E-state index in [1.165, 1.54) is 0 Å². The van der Waals surface area contributed by atoms with Crippen LogP contribution in [-0.4, -0.2) is 19.5 Å². The fraction of sp³-hybridized carbons (Fsp3) is 0.214. The van der Waals surface area contributed by atoms with Crippen molar-refractivity contribution in [1.82, 2.24) is 19.5 Å². The first kappa shape index (κ1) is 11.6. The second-order valence-corrected chi connectivity index (χ2v) is 4.46. The lowest BCUT2D eigenvalue weighted by Crippen LogP contribution is -2.24. The molecule has 0 aliphatic carbocycles. The van der Waals surface area contributed by atoms with E-state index in [-0.39, 0.29) is 5.56 Å². The number of hydrogen-bond donors (Lipinski definition) is 1. The first-order chi connectivity index (χ1) is 9.25. The molecule has 5 heteroatoms. The molecule has 5 nitrogen and oxygen atoms in total. The topological polar surface area (TPSA) is 63.6 Å². The van der Waals surface area contributed by atoms with Crippen LogP contribution in [0.2, 0.25) is 0 Å². The van der Waals surface area contributed by atoms with E-state index in [0.29, 0.717) is 11.9 Å². The molecule has 3 rings (SSSR count). The van der Waals surface area contributed by atoms with E-state index in [0.717, 1.165) is 23.5 Å². The molecule has 0 unspecified atom stereocenters. The van der Waals surface area contributed by atoms with E-state index >= 15 is 0 Å². The Kier molecular flexibility index (Phi) is 2.87. The second kappa shape index (κ2) is 4.68. The van der Waals surface area contributed by atoms with Crippen LogP contribution in [0.15, 0.2) is 41.6 Å². The van der Waals surface area contributed by atoms with Crippen LogP contribution in [0.3, 0.4) is 0 Å². The summed E-state index contributed by atoms with van der Waals surface area (Å²) < 4.78 is 1.71. The molecule has 0 aliphatic rings. The number of aromatic amines is 1. The summed E-state index contributed by atoms with van der Waals surface area (Å²) in [5.74, 6) is 0.739. The maximum absolute atomic E-state index is 12.4. The molecule has 0 aliphatic heterocycles. The zero-order valence-corrected chi connectivity index (χ0v) is 10.6. The van der Waals surface area contributed by atoms with Gasteiger partial charge in [0.25, 0.3) is 5.56 Å². The summed E-state index contributed by atoms with van der Waals surface area (Å²) in [7, 11) is 0. The molecule has 1 N–H and O–H groups in total. The van der Waals surface area contributed by atoms with Crippen molar-refractivity contribution in [3.63, 3.8) is 0 Å². The summed E-state index contributed by atoms with van der Waals surface area (Å²) >= 11 is 0. The zero-order chi connectivity index (χ0) is 13.2. The first-order valence-electron chi connectivity index (χ1n) is 6.19. The second-order valence-electron chi connectivity index (χ2n) is 4.46. The molecule has 0 spiro atoms. The van der Waals surface area contributed by atoms with Crippen LogP contribution in [0.25, 0.3) is 10.9 Å². The van der Waals surface area contributed by atoms with Gasteiger partial charge in [0.1, 0.15) is 5.82 Å². The fourth-order valence-corrected chi connectivity index (χ4v) is 2.20. The van der Waals surface area contributed by atoms with Gasteiger partial charge in [-0.25, -0.2) is 9.97 Å². The van der Waals surface area contributed by atoms with Gasteiger partial charge in [0.15, 0.2) is 0 Å². The number of nitrogens with zero attached hydrogens (tertiary/aromatic N) is 3. The molecule has 0 saturated heterocycles. The molecule has 1 aromatic carbocycles. The molecule has 2 aromatic heterocycles. The molecule has 0 fully saturated rings. The summed E-state index contributed by atoms with van der Waals surface area (Å²) in [4.78, 5) is 23.9. The summed E-state index contributed by atoms with van der Waals surface area (Å²) in [6.45, 7) is 2.46. The molecule has 2 heterocycles. The van der Waals surface area contributed by atoms with Gasteiger partial charge in [-0.2, -0.15) is 0 Å². The molecule has 19 heavy (non-hydrogen) atoms. The minimum atomic E-state index is 0.0163. The molecule has 96 valence electrons. The molecule has 0 bridgehead atoms. The van der Waals surface area contributed by atoms with Crippen LogP contribution in [0, 0.1) is 6.92 Å². The lowest BCUT2D eigenvalue weighted by atomic mass is 10.2. The van der Waals surface area contributed by atoms with Gasteiger partial charge in [0, 0.05) is 24.9 Å². The lowest BCUT2D eigenvalue weighted by molar-refractivity contribution is 0.632. The smallest absolute Gasteiger partial charge is 0.261 e.